The van der Waals surface area contributed by atoms with E-state index in [4.69, 9.17) is 16.3 Å². The Balaban J connectivity index is 2.51. The molecular formula is C15H22BrClO. The van der Waals surface area contributed by atoms with Gasteiger partial charge < -0.3 is 4.74 Å². The summed E-state index contributed by atoms with van der Waals surface area (Å²) in [5.41, 5.74) is 1.11. The first kappa shape index (κ1) is 15.8. The highest BCUT2D eigenvalue weighted by molar-refractivity contribution is 9.10. The van der Waals surface area contributed by atoms with E-state index in [-0.39, 0.29) is 0 Å². The lowest BCUT2D eigenvalue weighted by Crippen LogP contribution is -2.11. The first-order valence-electron chi connectivity index (χ1n) is 6.68. The van der Waals surface area contributed by atoms with E-state index in [0.717, 1.165) is 22.4 Å². The lowest BCUT2D eigenvalue weighted by atomic mass is 10.0. The Morgan fingerprint density at radius 2 is 2.11 bits per heavy atom. The van der Waals surface area contributed by atoms with Crippen LogP contribution in [-0.4, -0.2) is 6.61 Å². The number of hydrogen-bond acceptors (Lipinski definition) is 1. The molecule has 18 heavy (non-hydrogen) atoms. The fourth-order valence-corrected chi connectivity index (χ4v) is 2.56. The van der Waals surface area contributed by atoms with Crippen LogP contribution in [0.15, 0.2) is 22.7 Å². The van der Waals surface area contributed by atoms with Crippen molar-refractivity contribution in [3.63, 3.8) is 0 Å². The summed E-state index contributed by atoms with van der Waals surface area (Å²) in [6, 6.07) is 6.03. The predicted octanol–water partition coefficient (Wildman–Crippen LogP) is 5.78. The van der Waals surface area contributed by atoms with Gasteiger partial charge in [-0.15, -0.1) is 11.6 Å². The maximum absolute atomic E-state index is 5.90. The van der Waals surface area contributed by atoms with Gasteiger partial charge in [-0.3, -0.25) is 0 Å². The molecule has 0 bridgehead atoms. The average Bonchev–Trinajstić information content (AvgIpc) is 2.40. The normalized spacial score (nSPS) is 12.4. The first-order chi connectivity index (χ1) is 8.71. The molecule has 1 atom stereocenters. The number of alkyl halides is 1. The summed E-state index contributed by atoms with van der Waals surface area (Å²) in [7, 11) is 0. The molecule has 0 saturated heterocycles. The zero-order valence-corrected chi connectivity index (χ0v) is 13.6. The Morgan fingerprint density at radius 1 is 1.33 bits per heavy atom. The molecule has 0 spiro atoms. The third-order valence-corrected chi connectivity index (χ3v) is 4.10. The van der Waals surface area contributed by atoms with Gasteiger partial charge >= 0.3 is 0 Å². The standard InChI is InChI=1S/C15H22BrClO/c1-3-5-6-12(4-2)11-18-15-8-7-13(10-17)9-14(15)16/h7-9,12H,3-6,10-11H2,1-2H3. The number of ether oxygens (including phenoxy) is 1. The van der Waals surface area contributed by atoms with Crippen molar-refractivity contribution in [1.29, 1.82) is 0 Å². The molecule has 1 aromatic carbocycles. The van der Waals surface area contributed by atoms with Gasteiger partial charge in [0.25, 0.3) is 0 Å². The molecular weight excluding hydrogens is 312 g/mol. The maximum Gasteiger partial charge on any atom is 0.133 e. The largest absolute Gasteiger partial charge is 0.492 e. The van der Waals surface area contributed by atoms with E-state index >= 15 is 0 Å². The third-order valence-electron chi connectivity index (χ3n) is 3.17. The molecule has 1 rings (SSSR count). The number of rotatable bonds is 8. The Bertz CT molecular complexity index is 354. The highest BCUT2D eigenvalue weighted by Crippen LogP contribution is 2.27. The van der Waals surface area contributed by atoms with Crippen molar-refractivity contribution < 1.29 is 4.74 Å². The Labute approximate surface area is 124 Å². The van der Waals surface area contributed by atoms with E-state index in [1.165, 1.54) is 25.7 Å². The molecule has 1 nitrogen and oxygen atoms in total. The molecule has 1 aromatic rings. The van der Waals surface area contributed by atoms with Crippen molar-refractivity contribution in [2.45, 2.75) is 45.4 Å². The summed E-state index contributed by atoms with van der Waals surface area (Å²) in [4.78, 5) is 0. The zero-order chi connectivity index (χ0) is 13.4. The molecule has 0 radical (unpaired) electrons. The van der Waals surface area contributed by atoms with Crippen LogP contribution in [0.1, 0.15) is 45.1 Å². The second-order valence-corrected chi connectivity index (χ2v) is 5.75. The first-order valence-corrected chi connectivity index (χ1v) is 8.01. The van der Waals surface area contributed by atoms with Gasteiger partial charge in [-0.25, -0.2) is 0 Å². The van der Waals surface area contributed by atoms with Gasteiger partial charge in [-0.1, -0.05) is 39.2 Å². The van der Waals surface area contributed by atoms with Crippen molar-refractivity contribution in [3.05, 3.63) is 28.2 Å². The highest BCUT2D eigenvalue weighted by atomic mass is 79.9. The molecule has 0 aromatic heterocycles. The van der Waals surface area contributed by atoms with Crippen LogP contribution in [0.5, 0.6) is 5.75 Å². The average molecular weight is 334 g/mol. The minimum atomic E-state index is 0.535. The van der Waals surface area contributed by atoms with Gasteiger partial charge in [0.1, 0.15) is 5.75 Å². The van der Waals surface area contributed by atoms with Crippen LogP contribution in [0.3, 0.4) is 0 Å². The zero-order valence-electron chi connectivity index (χ0n) is 11.2. The quantitative estimate of drug-likeness (QED) is 0.548. The van der Waals surface area contributed by atoms with Crippen molar-refractivity contribution in [3.8, 4) is 5.75 Å². The minimum absolute atomic E-state index is 0.535. The fraction of sp³-hybridized carbons (Fsp3) is 0.600. The highest BCUT2D eigenvalue weighted by Gasteiger charge is 2.08. The van der Waals surface area contributed by atoms with Crippen molar-refractivity contribution in [2.24, 2.45) is 5.92 Å². The van der Waals surface area contributed by atoms with Crippen LogP contribution >= 0.6 is 27.5 Å². The number of hydrogen-bond donors (Lipinski definition) is 0. The molecule has 0 amide bonds. The molecule has 3 heteroatoms. The smallest absolute Gasteiger partial charge is 0.133 e. The van der Waals surface area contributed by atoms with Crippen molar-refractivity contribution >= 4 is 27.5 Å². The summed E-state index contributed by atoms with van der Waals surface area (Å²) >= 11 is 9.33. The monoisotopic (exact) mass is 332 g/mol. The summed E-state index contributed by atoms with van der Waals surface area (Å²) in [6.07, 6.45) is 4.97. The molecule has 0 fully saturated rings. The van der Waals surface area contributed by atoms with E-state index in [0.29, 0.717) is 11.8 Å². The summed E-state index contributed by atoms with van der Waals surface area (Å²) in [5, 5.41) is 0. The van der Waals surface area contributed by atoms with Gasteiger partial charge in [0.15, 0.2) is 0 Å². The predicted molar refractivity (Wildman–Crippen MR) is 82.5 cm³/mol. The molecule has 0 aliphatic rings. The second-order valence-electron chi connectivity index (χ2n) is 4.63. The Morgan fingerprint density at radius 3 is 2.67 bits per heavy atom. The number of unbranched alkanes of at least 4 members (excludes halogenated alkanes) is 1. The van der Waals surface area contributed by atoms with E-state index in [2.05, 4.69) is 29.8 Å². The molecule has 0 saturated carbocycles. The Hall–Kier alpha value is -0.210. The second kappa shape index (κ2) is 8.82. The lowest BCUT2D eigenvalue weighted by molar-refractivity contribution is 0.232. The van der Waals surface area contributed by atoms with Gasteiger partial charge in [-0.2, -0.15) is 0 Å². The van der Waals surface area contributed by atoms with Crippen LogP contribution in [0.2, 0.25) is 0 Å². The summed E-state index contributed by atoms with van der Waals surface area (Å²) in [6.45, 7) is 5.26. The summed E-state index contributed by atoms with van der Waals surface area (Å²) in [5.74, 6) is 2.11. The summed E-state index contributed by atoms with van der Waals surface area (Å²) < 4.78 is 6.89. The van der Waals surface area contributed by atoms with Crippen LogP contribution < -0.4 is 4.74 Å². The van der Waals surface area contributed by atoms with Crippen LogP contribution in [0, 0.1) is 5.92 Å². The van der Waals surface area contributed by atoms with E-state index in [1.807, 2.05) is 18.2 Å². The van der Waals surface area contributed by atoms with Gasteiger partial charge in [0.2, 0.25) is 0 Å². The van der Waals surface area contributed by atoms with Crippen LogP contribution in [0.25, 0.3) is 0 Å². The van der Waals surface area contributed by atoms with Crippen molar-refractivity contribution in [2.75, 3.05) is 6.61 Å². The van der Waals surface area contributed by atoms with Gasteiger partial charge in [0, 0.05) is 5.88 Å². The minimum Gasteiger partial charge on any atom is -0.492 e. The number of benzene rings is 1. The molecule has 0 aliphatic heterocycles. The van der Waals surface area contributed by atoms with E-state index in [9.17, 15) is 0 Å². The van der Waals surface area contributed by atoms with Gasteiger partial charge in [0.05, 0.1) is 11.1 Å². The molecule has 1 unspecified atom stereocenters. The van der Waals surface area contributed by atoms with Crippen LogP contribution in [0.4, 0.5) is 0 Å². The third kappa shape index (κ3) is 5.19. The molecule has 0 N–H and O–H groups in total. The SMILES string of the molecule is CCCCC(CC)COc1ccc(CCl)cc1Br. The van der Waals surface area contributed by atoms with Crippen LogP contribution in [-0.2, 0) is 5.88 Å². The van der Waals surface area contributed by atoms with E-state index < -0.39 is 0 Å². The molecule has 0 aliphatic carbocycles. The fourth-order valence-electron chi connectivity index (χ4n) is 1.85. The molecule has 0 heterocycles. The lowest BCUT2D eigenvalue weighted by Gasteiger charge is -2.16. The maximum atomic E-state index is 5.90. The van der Waals surface area contributed by atoms with Gasteiger partial charge in [-0.05, 0) is 46.0 Å². The van der Waals surface area contributed by atoms with E-state index in [1.54, 1.807) is 0 Å². The topological polar surface area (TPSA) is 9.23 Å². The number of halogens is 2. The Kier molecular flexibility index (Phi) is 7.76. The van der Waals surface area contributed by atoms with Crippen molar-refractivity contribution in [1.82, 2.24) is 0 Å². The molecule has 102 valence electrons.